The van der Waals surface area contributed by atoms with E-state index in [1.807, 2.05) is 0 Å². The topological polar surface area (TPSA) is 20.2 Å². The molecule has 4 heteroatoms. The highest BCUT2D eigenvalue weighted by atomic mass is 35.5. The van der Waals surface area contributed by atoms with Crippen LogP contribution in [0.2, 0.25) is 5.02 Å². The van der Waals surface area contributed by atoms with Crippen LogP contribution in [0.1, 0.15) is 19.4 Å². The summed E-state index contributed by atoms with van der Waals surface area (Å²) in [4.78, 5) is 0. The van der Waals surface area contributed by atoms with Crippen LogP contribution >= 0.6 is 11.6 Å². The molecule has 0 saturated carbocycles. The van der Waals surface area contributed by atoms with Crippen molar-refractivity contribution in [3.8, 4) is 0 Å². The summed E-state index contributed by atoms with van der Waals surface area (Å²) in [7, 11) is 0. The van der Waals surface area contributed by atoms with E-state index in [0.29, 0.717) is 5.56 Å². The average molecular weight is 221 g/mol. The number of hydrogen-bond donors (Lipinski definition) is 1. The van der Waals surface area contributed by atoms with Gasteiger partial charge in [0.2, 0.25) is 0 Å². The molecule has 1 aromatic rings. The summed E-state index contributed by atoms with van der Waals surface area (Å²) in [6.45, 7) is 3.19. The van der Waals surface area contributed by atoms with E-state index in [9.17, 15) is 8.78 Å². The van der Waals surface area contributed by atoms with Crippen molar-refractivity contribution in [3.05, 3.63) is 34.4 Å². The highest BCUT2D eigenvalue weighted by Crippen LogP contribution is 2.28. The van der Waals surface area contributed by atoms with Crippen molar-refractivity contribution >= 4 is 11.6 Å². The maximum absolute atomic E-state index is 13.1. The minimum Gasteiger partial charge on any atom is -0.395 e. The molecule has 1 N–H and O–H groups in total. The van der Waals surface area contributed by atoms with Crippen LogP contribution in [0.25, 0.3) is 0 Å². The summed E-state index contributed by atoms with van der Waals surface area (Å²) in [6, 6.07) is 2.28. The highest BCUT2D eigenvalue weighted by molar-refractivity contribution is 6.30. The standard InChI is InChI=1S/C10H11ClF2O/c1-10(2,5-14)6-3-7(12)9(11)8(13)4-6/h3-4,14H,5H2,1-2H3. The van der Waals surface area contributed by atoms with Gasteiger partial charge in [0.1, 0.15) is 16.7 Å². The zero-order chi connectivity index (χ0) is 10.9. The Balaban J connectivity index is 3.26. The lowest BCUT2D eigenvalue weighted by Gasteiger charge is -2.22. The van der Waals surface area contributed by atoms with Gasteiger partial charge in [0.15, 0.2) is 0 Å². The van der Waals surface area contributed by atoms with Gasteiger partial charge in [-0.1, -0.05) is 25.4 Å². The lowest BCUT2D eigenvalue weighted by Crippen LogP contribution is -2.22. The van der Waals surface area contributed by atoms with Crippen molar-refractivity contribution in [1.82, 2.24) is 0 Å². The second-order valence-corrected chi connectivity index (χ2v) is 4.17. The summed E-state index contributed by atoms with van der Waals surface area (Å²) in [5.41, 5.74) is -0.286. The number of halogens is 3. The fourth-order valence-corrected chi connectivity index (χ4v) is 1.15. The number of rotatable bonds is 2. The fraction of sp³-hybridized carbons (Fsp3) is 0.400. The van der Waals surface area contributed by atoms with E-state index >= 15 is 0 Å². The molecule has 0 bridgehead atoms. The molecule has 0 fully saturated rings. The molecule has 1 aromatic carbocycles. The Morgan fingerprint density at radius 2 is 1.71 bits per heavy atom. The van der Waals surface area contributed by atoms with Crippen LogP contribution in [0.3, 0.4) is 0 Å². The van der Waals surface area contributed by atoms with Gasteiger partial charge in [-0.3, -0.25) is 0 Å². The quantitative estimate of drug-likeness (QED) is 0.760. The first-order valence-electron chi connectivity index (χ1n) is 4.14. The molecule has 0 unspecified atom stereocenters. The van der Waals surface area contributed by atoms with Gasteiger partial charge < -0.3 is 5.11 Å². The molecule has 1 rings (SSSR count). The predicted molar refractivity (Wildman–Crippen MR) is 51.5 cm³/mol. The largest absolute Gasteiger partial charge is 0.395 e. The molecule has 0 spiro atoms. The molecule has 0 amide bonds. The number of aliphatic hydroxyl groups is 1. The monoisotopic (exact) mass is 220 g/mol. The van der Waals surface area contributed by atoms with Gasteiger partial charge in [0, 0.05) is 5.41 Å². The minimum atomic E-state index is -0.803. The van der Waals surface area contributed by atoms with Crippen LogP contribution in [0.4, 0.5) is 8.78 Å². The van der Waals surface area contributed by atoms with E-state index in [2.05, 4.69) is 0 Å². The summed E-state index contributed by atoms with van der Waals surface area (Å²) in [5.74, 6) is -1.61. The molecule has 0 aliphatic carbocycles. The first-order valence-corrected chi connectivity index (χ1v) is 4.52. The number of aliphatic hydroxyl groups excluding tert-OH is 1. The van der Waals surface area contributed by atoms with Gasteiger partial charge in [0.25, 0.3) is 0 Å². The number of benzene rings is 1. The summed E-state index contributed by atoms with van der Waals surface area (Å²) in [5, 5.41) is 8.51. The van der Waals surface area contributed by atoms with Crippen molar-refractivity contribution in [2.24, 2.45) is 0 Å². The van der Waals surface area contributed by atoms with E-state index in [0.717, 1.165) is 12.1 Å². The van der Waals surface area contributed by atoms with Gasteiger partial charge in [0.05, 0.1) is 6.61 Å². The van der Waals surface area contributed by atoms with Crippen molar-refractivity contribution < 1.29 is 13.9 Å². The molecule has 14 heavy (non-hydrogen) atoms. The van der Waals surface area contributed by atoms with Crippen molar-refractivity contribution in [2.45, 2.75) is 19.3 Å². The van der Waals surface area contributed by atoms with E-state index in [1.165, 1.54) is 0 Å². The van der Waals surface area contributed by atoms with Gasteiger partial charge in [-0.25, -0.2) is 8.78 Å². The molecular weight excluding hydrogens is 210 g/mol. The molecule has 0 aliphatic heterocycles. The Bertz CT molecular complexity index is 327. The van der Waals surface area contributed by atoms with Crippen LogP contribution in [0, 0.1) is 11.6 Å². The highest BCUT2D eigenvalue weighted by Gasteiger charge is 2.22. The number of hydrogen-bond acceptors (Lipinski definition) is 1. The molecule has 78 valence electrons. The minimum absolute atomic E-state index is 0.187. The Labute approximate surface area is 86.3 Å². The van der Waals surface area contributed by atoms with Gasteiger partial charge in [-0.2, -0.15) is 0 Å². The van der Waals surface area contributed by atoms with Crippen LogP contribution in [0.15, 0.2) is 12.1 Å². The van der Waals surface area contributed by atoms with Gasteiger partial charge in [-0.05, 0) is 17.7 Å². The maximum Gasteiger partial charge on any atom is 0.145 e. The summed E-state index contributed by atoms with van der Waals surface area (Å²) < 4.78 is 26.1. The van der Waals surface area contributed by atoms with E-state index in [4.69, 9.17) is 16.7 Å². The van der Waals surface area contributed by atoms with Crippen molar-refractivity contribution in [2.75, 3.05) is 6.61 Å². The normalized spacial score (nSPS) is 11.9. The Kier molecular flexibility index (Phi) is 3.12. The molecule has 1 nitrogen and oxygen atoms in total. The van der Waals surface area contributed by atoms with Crippen LogP contribution in [-0.4, -0.2) is 11.7 Å². The van der Waals surface area contributed by atoms with E-state index in [-0.39, 0.29) is 6.61 Å². The summed E-state index contributed by atoms with van der Waals surface area (Å²) in [6.07, 6.45) is 0. The smallest absolute Gasteiger partial charge is 0.145 e. The van der Waals surface area contributed by atoms with Crippen molar-refractivity contribution in [1.29, 1.82) is 0 Å². The third-order valence-corrected chi connectivity index (χ3v) is 2.52. The van der Waals surface area contributed by atoms with Crippen LogP contribution < -0.4 is 0 Å². The zero-order valence-electron chi connectivity index (χ0n) is 7.94. The second kappa shape index (κ2) is 3.83. The second-order valence-electron chi connectivity index (χ2n) is 3.80. The lowest BCUT2D eigenvalue weighted by atomic mass is 9.85. The van der Waals surface area contributed by atoms with Crippen LogP contribution in [-0.2, 0) is 5.41 Å². The Morgan fingerprint density at radius 3 is 2.07 bits per heavy atom. The van der Waals surface area contributed by atoms with E-state index < -0.39 is 22.1 Å². The fourth-order valence-electron chi connectivity index (χ4n) is 1.04. The van der Waals surface area contributed by atoms with E-state index in [1.54, 1.807) is 13.8 Å². The Hall–Kier alpha value is -0.670. The molecular formula is C10H11ClF2O. The molecule has 0 radical (unpaired) electrons. The average Bonchev–Trinajstić information content (AvgIpc) is 2.13. The molecule has 0 atom stereocenters. The molecule has 0 saturated heterocycles. The van der Waals surface area contributed by atoms with Gasteiger partial charge >= 0.3 is 0 Å². The predicted octanol–water partition coefficient (Wildman–Crippen LogP) is 2.89. The maximum atomic E-state index is 13.1. The van der Waals surface area contributed by atoms with Crippen molar-refractivity contribution in [3.63, 3.8) is 0 Å². The third kappa shape index (κ3) is 2.04. The first-order chi connectivity index (χ1) is 6.38. The molecule has 0 aromatic heterocycles. The molecule has 0 aliphatic rings. The first kappa shape index (κ1) is 11.4. The lowest BCUT2D eigenvalue weighted by molar-refractivity contribution is 0.218. The summed E-state index contributed by atoms with van der Waals surface area (Å²) >= 11 is 5.33. The van der Waals surface area contributed by atoms with Gasteiger partial charge in [-0.15, -0.1) is 0 Å². The third-order valence-electron chi connectivity index (χ3n) is 2.16. The molecule has 0 heterocycles. The SMILES string of the molecule is CC(C)(CO)c1cc(F)c(Cl)c(F)c1. The Morgan fingerprint density at radius 1 is 1.29 bits per heavy atom. The zero-order valence-corrected chi connectivity index (χ0v) is 8.70. The van der Waals surface area contributed by atoms with Crippen LogP contribution in [0.5, 0.6) is 0 Å².